The summed E-state index contributed by atoms with van der Waals surface area (Å²) in [5, 5.41) is 0.168. The van der Waals surface area contributed by atoms with Gasteiger partial charge >= 0.3 is 5.12 Å². The van der Waals surface area contributed by atoms with Crippen molar-refractivity contribution in [3.05, 3.63) is 37.3 Å². The molecule has 1 heterocycles. The topological polar surface area (TPSA) is 17.1 Å². The molecule has 0 atom stereocenters. The lowest BCUT2D eigenvalue weighted by Crippen LogP contribution is -2.11. The summed E-state index contributed by atoms with van der Waals surface area (Å²) in [6.45, 7) is 3.67. The van der Waals surface area contributed by atoms with Gasteiger partial charge in [-0.15, -0.1) is 10.0 Å². The number of carbonyl (C=O) groups excluding carboxylic acids is 1. The van der Waals surface area contributed by atoms with Crippen molar-refractivity contribution >= 4 is 15.1 Å². The summed E-state index contributed by atoms with van der Waals surface area (Å²) in [4.78, 5) is 12.9. The van der Waals surface area contributed by atoms with Crippen molar-refractivity contribution in [3.8, 4) is 0 Å². The molecule has 0 bridgehead atoms. The van der Waals surface area contributed by atoms with Gasteiger partial charge in [0.05, 0.1) is 0 Å². The van der Waals surface area contributed by atoms with E-state index in [-0.39, 0.29) is 5.12 Å². The van der Waals surface area contributed by atoms with Crippen molar-refractivity contribution in [1.82, 2.24) is 0 Å². The second-order valence-electron chi connectivity index (χ2n) is 3.68. The predicted molar refractivity (Wildman–Crippen MR) is 61.6 cm³/mol. The summed E-state index contributed by atoms with van der Waals surface area (Å²) in [7, 11) is -1.21. The van der Waals surface area contributed by atoms with Crippen molar-refractivity contribution in [2.45, 2.75) is 17.7 Å². The second-order valence-corrected chi connectivity index (χ2v) is 7.19. The molecule has 0 saturated carbocycles. The maximum atomic E-state index is 11.7. The molecular weight excluding hydrogens is 192 g/mol. The van der Waals surface area contributed by atoms with Gasteiger partial charge in [0.1, 0.15) is 6.92 Å². The van der Waals surface area contributed by atoms with Crippen LogP contribution < -0.4 is 0 Å². The maximum absolute atomic E-state index is 11.7. The Kier molecular flexibility index (Phi) is 2.55. The van der Waals surface area contributed by atoms with Gasteiger partial charge in [-0.1, -0.05) is 18.2 Å². The lowest BCUT2D eigenvalue weighted by Gasteiger charge is -2.28. The summed E-state index contributed by atoms with van der Waals surface area (Å²) >= 11 is 0. The zero-order valence-corrected chi connectivity index (χ0v) is 9.06. The Hall–Kier alpha value is -0.890. The van der Waals surface area contributed by atoms with Crippen molar-refractivity contribution < 1.29 is 4.79 Å². The third kappa shape index (κ3) is 1.44. The van der Waals surface area contributed by atoms with E-state index in [4.69, 9.17) is 0 Å². The molecule has 1 aliphatic heterocycles. The Morgan fingerprint density at radius 1 is 1.14 bits per heavy atom. The zero-order chi connectivity index (χ0) is 10.0. The monoisotopic (exact) mass is 207 g/mol. The lowest BCUT2D eigenvalue weighted by molar-refractivity contribution is -0.107. The number of carbonyl (C=O) groups is 1. The molecule has 0 N–H and O–H groups in total. The molecule has 0 spiro atoms. The Morgan fingerprint density at radius 2 is 1.71 bits per heavy atom. The number of hydrogen-bond donors (Lipinski definition) is 0. The highest BCUT2D eigenvalue weighted by atomic mass is 32.3. The number of hydrogen-bond acceptors (Lipinski definition) is 1. The minimum absolute atomic E-state index is 0.168. The summed E-state index contributed by atoms with van der Waals surface area (Å²) in [6.07, 6.45) is 2.37. The fourth-order valence-corrected chi connectivity index (χ4v) is 5.54. The zero-order valence-electron chi connectivity index (χ0n) is 8.24. The van der Waals surface area contributed by atoms with E-state index in [2.05, 4.69) is 19.1 Å². The Morgan fingerprint density at radius 3 is 2.21 bits per heavy atom. The van der Waals surface area contributed by atoms with E-state index in [9.17, 15) is 4.79 Å². The molecule has 0 aromatic heterocycles. The van der Waals surface area contributed by atoms with Crippen LogP contribution in [0.1, 0.15) is 12.8 Å². The van der Waals surface area contributed by atoms with Gasteiger partial charge < -0.3 is 0 Å². The first-order chi connectivity index (χ1) is 6.76. The van der Waals surface area contributed by atoms with Crippen LogP contribution in [-0.2, 0) is 4.79 Å². The van der Waals surface area contributed by atoms with E-state index in [1.807, 2.05) is 18.2 Å². The van der Waals surface area contributed by atoms with E-state index in [0.29, 0.717) is 0 Å². The van der Waals surface area contributed by atoms with E-state index in [1.54, 1.807) is 0 Å². The van der Waals surface area contributed by atoms with Crippen LogP contribution in [0.15, 0.2) is 35.2 Å². The van der Waals surface area contributed by atoms with E-state index >= 15 is 0 Å². The van der Waals surface area contributed by atoms with Crippen LogP contribution in [0.3, 0.4) is 0 Å². The van der Waals surface area contributed by atoms with Gasteiger partial charge in [0.25, 0.3) is 0 Å². The molecule has 1 aromatic rings. The highest BCUT2D eigenvalue weighted by Gasteiger charge is 2.38. The van der Waals surface area contributed by atoms with Gasteiger partial charge in [0.2, 0.25) is 0 Å². The molecule has 1 saturated heterocycles. The van der Waals surface area contributed by atoms with E-state index in [1.165, 1.54) is 17.7 Å². The molecule has 1 aromatic carbocycles. The predicted octanol–water partition coefficient (Wildman–Crippen LogP) is 3.00. The van der Waals surface area contributed by atoms with Gasteiger partial charge in [-0.3, -0.25) is 0 Å². The quantitative estimate of drug-likeness (QED) is 0.647. The molecule has 0 unspecified atom stereocenters. The average molecular weight is 207 g/mol. The first-order valence-corrected chi connectivity index (χ1v) is 6.93. The Balaban J connectivity index is 2.42. The second kappa shape index (κ2) is 3.70. The number of rotatable bonds is 1. The highest BCUT2D eigenvalue weighted by molar-refractivity contribution is 8.45. The molecular formula is C12H15OS+. The van der Waals surface area contributed by atoms with Crippen LogP contribution >= 0.6 is 10.0 Å². The van der Waals surface area contributed by atoms with Crippen LogP contribution in [0, 0.1) is 6.92 Å². The van der Waals surface area contributed by atoms with E-state index < -0.39 is 10.0 Å². The van der Waals surface area contributed by atoms with E-state index in [0.717, 1.165) is 11.5 Å². The molecule has 0 radical (unpaired) electrons. The smallest absolute Gasteiger partial charge is 0.232 e. The van der Waals surface area contributed by atoms with Crippen molar-refractivity contribution in [2.75, 3.05) is 11.5 Å². The van der Waals surface area contributed by atoms with Crippen molar-refractivity contribution in [2.24, 2.45) is 0 Å². The molecule has 0 amide bonds. The molecule has 2 heteroatoms. The van der Waals surface area contributed by atoms with Gasteiger partial charge in [-0.25, -0.2) is 4.79 Å². The van der Waals surface area contributed by atoms with Crippen molar-refractivity contribution in [3.63, 3.8) is 0 Å². The fourth-order valence-electron chi connectivity index (χ4n) is 2.07. The van der Waals surface area contributed by atoms with Gasteiger partial charge in [-0.2, -0.15) is 0 Å². The fraction of sp³-hybridized carbons (Fsp3) is 0.333. The van der Waals surface area contributed by atoms with Crippen LogP contribution in [0.5, 0.6) is 0 Å². The summed E-state index contributed by atoms with van der Waals surface area (Å²) in [6, 6.07) is 10.2. The number of benzene rings is 1. The largest absolute Gasteiger partial charge is 0.347 e. The molecule has 0 aliphatic carbocycles. The minimum atomic E-state index is -1.21. The minimum Gasteiger partial charge on any atom is -0.232 e. The standard InChI is InChI=1S/C12H15OS/c1-11(13)14(9-5-6-10-14)12-7-3-2-4-8-12/h2-4,7-8H,1,5-6,9-10H2/q+1. The average Bonchev–Trinajstić information content (AvgIpc) is 2.69. The van der Waals surface area contributed by atoms with Crippen LogP contribution in [0.2, 0.25) is 0 Å². The summed E-state index contributed by atoms with van der Waals surface area (Å²) in [5.41, 5.74) is 0. The maximum Gasteiger partial charge on any atom is 0.347 e. The van der Waals surface area contributed by atoms with Gasteiger partial charge in [0, 0.05) is 4.90 Å². The van der Waals surface area contributed by atoms with Crippen LogP contribution in [0.4, 0.5) is 0 Å². The molecule has 1 aliphatic rings. The molecule has 1 nitrogen and oxygen atoms in total. The molecule has 74 valence electrons. The normalized spacial score (nSPS) is 21.7. The summed E-state index contributed by atoms with van der Waals surface area (Å²) in [5.74, 6) is 2.11. The molecule has 1 fully saturated rings. The van der Waals surface area contributed by atoms with Crippen molar-refractivity contribution in [1.29, 1.82) is 0 Å². The summed E-state index contributed by atoms with van der Waals surface area (Å²) < 4.78 is 0. The SMILES string of the molecule is [CH2+]C(=O)S1(c2ccccc2)CCCC1. The first-order valence-electron chi connectivity index (χ1n) is 4.95. The first kappa shape index (κ1) is 9.66. The Labute approximate surface area is 86.8 Å². The third-order valence-corrected chi connectivity index (χ3v) is 6.88. The third-order valence-electron chi connectivity index (χ3n) is 2.87. The van der Waals surface area contributed by atoms with Gasteiger partial charge in [0.15, 0.2) is 0 Å². The van der Waals surface area contributed by atoms with Gasteiger partial charge in [-0.05, 0) is 36.5 Å². The molecule has 2 rings (SSSR count). The van der Waals surface area contributed by atoms with Crippen LogP contribution in [-0.4, -0.2) is 16.6 Å². The highest BCUT2D eigenvalue weighted by Crippen LogP contribution is 2.60. The lowest BCUT2D eigenvalue weighted by atomic mass is 10.4. The Bertz CT molecular complexity index is 325. The molecule has 14 heavy (non-hydrogen) atoms. The van der Waals surface area contributed by atoms with Crippen LogP contribution in [0.25, 0.3) is 0 Å².